The van der Waals surface area contributed by atoms with Crippen molar-refractivity contribution in [3.05, 3.63) is 76.5 Å². The first-order valence-corrected chi connectivity index (χ1v) is 12.5. The highest BCUT2D eigenvalue weighted by Crippen LogP contribution is 2.36. The summed E-state index contributed by atoms with van der Waals surface area (Å²) in [5.74, 6) is 0.542. The van der Waals surface area contributed by atoms with Crippen molar-refractivity contribution in [3.63, 3.8) is 0 Å². The van der Waals surface area contributed by atoms with Crippen LogP contribution in [0.1, 0.15) is 45.1 Å². The molecule has 1 aromatic carbocycles. The molecular weight excluding hydrogens is 471 g/mol. The molecule has 0 unspecified atom stereocenters. The summed E-state index contributed by atoms with van der Waals surface area (Å²) in [5.41, 5.74) is 6.72. The van der Waals surface area contributed by atoms with E-state index in [0.717, 1.165) is 42.1 Å². The first kappa shape index (κ1) is 23.6. The molecule has 2 aliphatic heterocycles. The first-order chi connectivity index (χ1) is 17.9. The largest absolute Gasteiger partial charge is 0.381 e. The van der Waals surface area contributed by atoms with Crippen molar-refractivity contribution in [2.45, 2.75) is 32.4 Å². The molecule has 6 rings (SSSR count). The van der Waals surface area contributed by atoms with Crippen LogP contribution in [0.2, 0.25) is 0 Å². The molecule has 8 nitrogen and oxygen atoms in total. The number of anilines is 2. The number of carbonyl (C=O) groups excluding carboxylic acids is 1. The van der Waals surface area contributed by atoms with Gasteiger partial charge in [0.1, 0.15) is 5.82 Å². The van der Waals surface area contributed by atoms with E-state index < -0.39 is 0 Å². The number of fused-ring (bicyclic) bond motifs is 2. The molecule has 1 atom stereocenters. The number of aromatic nitrogens is 3. The van der Waals surface area contributed by atoms with Gasteiger partial charge in [-0.1, -0.05) is 12.1 Å². The van der Waals surface area contributed by atoms with E-state index in [0.29, 0.717) is 41.6 Å². The molecule has 0 saturated carbocycles. The maximum Gasteiger partial charge on any atom is 0.254 e. The zero-order valence-electron chi connectivity index (χ0n) is 21.1. The van der Waals surface area contributed by atoms with Gasteiger partial charge >= 0.3 is 0 Å². The van der Waals surface area contributed by atoms with Gasteiger partial charge in [0.25, 0.3) is 5.91 Å². The van der Waals surface area contributed by atoms with Crippen molar-refractivity contribution in [1.29, 1.82) is 0 Å². The summed E-state index contributed by atoms with van der Waals surface area (Å²) in [6.45, 7) is 4.31. The van der Waals surface area contributed by atoms with Gasteiger partial charge in [-0.25, -0.2) is 14.4 Å². The van der Waals surface area contributed by atoms with E-state index in [1.165, 1.54) is 5.56 Å². The molecule has 0 aliphatic carbocycles. The Balaban J connectivity index is 1.39. The summed E-state index contributed by atoms with van der Waals surface area (Å²) < 4.78 is 22.0. The molecule has 2 aliphatic rings. The second-order valence-electron chi connectivity index (χ2n) is 10.0. The Bertz CT molecular complexity index is 1520. The molecule has 0 spiro atoms. The van der Waals surface area contributed by atoms with Crippen LogP contribution >= 0.6 is 0 Å². The quantitative estimate of drug-likeness (QED) is 0.409. The van der Waals surface area contributed by atoms with Gasteiger partial charge in [0, 0.05) is 37.4 Å². The normalized spacial score (nSPS) is 17.0. The van der Waals surface area contributed by atoms with Gasteiger partial charge in [-0.15, -0.1) is 0 Å². The van der Waals surface area contributed by atoms with Crippen molar-refractivity contribution < 1.29 is 13.9 Å². The molecule has 1 saturated heterocycles. The number of rotatable bonds is 6. The molecule has 4 aromatic rings. The fourth-order valence-corrected chi connectivity index (χ4v) is 5.30. The molecular formula is C28H29FN6O2. The number of carbonyl (C=O) groups is 1. The molecule has 37 heavy (non-hydrogen) atoms. The molecule has 1 fully saturated rings. The summed E-state index contributed by atoms with van der Waals surface area (Å²) in [5, 5.41) is 6.33. The van der Waals surface area contributed by atoms with Crippen LogP contribution in [0.3, 0.4) is 0 Å². The summed E-state index contributed by atoms with van der Waals surface area (Å²) in [7, 11) is 4.06. The number of imidazole rings is 1. The van der Waals surface area contributed by atoms with Crippen molar-refractivity contribution in [3.8, 4) is 11.3 Å². The smallest absolute Gasteiger partial charge is 0.254 e. The Morgan fingerprint density at radius 2 is 2.11 bits per heavy atom. The van der Waals surface area contributed by atoms with Crippen molar-refractivity contribution >= 4 is 23.1 Å². The topological polar surface area (TPSA) is 83.8 Å². The van der Waals surface area contributed by atoms with Crippen LogP contribution < -0.4 is 10.6 Å². The highest BCUT2D eigenvalue weighted by molar-refractivity contribution is 6.06. The van der Waals surface area contributed by atoms with Gasteiger partial charge < -0.3 is 20.3 Å². The summed E-state index contributed by atoms with van der Waals surface area (Å²) in [6, 6.07) is 9.65. The first-order valence-electron chi connectivity index (χ1n) is 12.5. The maximum atomic E-state index is 14.6. The fourth-order valence-electron chi connectivity index (χ4n) is 5.30. The van der Waals surface area contributed by atoms with Crippen LogP contribution in [0.15, 0.2) is 42.7 Å². The molecule has 0 radical (unpaired) electrons. The Hall–Kier alpha value is -3.82. The minimum absolute atomic E-state index is 0.150. The van der Waals surface area contributed by atoms with E-state index in [1.807, 2.05) is 38.5 Å². The van der Waals surface area contributed by atoms with Crippen LogP contribution in [0.5, 0.6) is 0 Å². The summed E-state index contributed by atoms with van der Waals surface area (Å²) in [4.78, 5) is 24.3. The van der Waals surface area contributed by atoms with E-state index >= 15 is 0 Å². The second-order valence-corrected chi connectivity index (χ2v) is 10.0. The van der Waals surface area contributed by atoms with Gasteiger partial charge in [-0.3, -0.25) is 9.20 Å². The lowest BCUT2D eigenvalue weighted by molar-refractivity contribution is 0.0966. The number of hydrogen-bond donors (Lipinski definition) is 2. The van der Waals surface area contributed by atoms with Crippen LogP contribution in [0.25, 0.3) is 16.9 Å². The van der Waals surface area contributed by atoms with Gasteiger partial charge in [-0.2, -0.15) is 0 Å². The van der Waals surface area contributed by atoms with Crippen molar-refractivity contribution in [1.82, 2.24) is 24.6 Å². The van der Waals surface area contributed by atoms with Crippen LogP contribution in [0.4, 0.5) is 15.9 Å². The molecule has 190 valence electrons. The van der Waals surface area contributed by atoms with Crippen LogP contribution in [0, 0.1) is 12.7 Å². The monoisotopic (exact) mass is 500 g/mol. The highest BCUT2D eigenvalue weighted by atomic mass is 19.1. The Kier molecular flexibility index (Phi) is 5.89. The minimum atomic E-state index is -0.343. The maximum absolute atomic E-state index is 14.6. The molecule has 1 amide bonds. The van der Waals surface area contributed by atoms with Gasteiger partial charge in [-0.05, 0) is 62.3 Å². The summed E-state index contributed by atoms with van der Waals surface area (Å²) in [6.07, 6.45) is 4.46. The van der Waals surface area contributed by atoms with E-state index in [2.05, 4.69) is 26.6 Å². The van der Waals surface area contributed by atoms with E-state index in [9.17, 15) is 9.18 Å². The third kappa shape index (κ3) is 4.14. The second kappa shape index (κ2) is 9.24. The van der Waals surface area contributed by atoms with Crippen LogP contribution in [-0.4, -0.2) is 52.5 Å². The standard InChI is InChI=1S/C28H29FN6O2/c1-16-8-10-35-23(13-30-27(35)26(16)29)19-4-6-21(25-20(19)12-31-28(25)36)32-24-7-5-18(17-9-11-37-15-17)22(33-24)14-34(2)3/h4-8,10,13,17H,9,11-12,14-15H2,1-3H3,(H,31,36)(H,32,33)/t17-/m1/s1. The highest BCUT2D eigenvalue weighted by Gasteiger charge is 2.28. The van der Waals surface area contributed by atoms with Crippen molar-refractivity contribution in [2.24, 2.45) is 0 Å². The zero-order valence-corrected chi connectivity index (χ0v) is 21.1. The number of halogens is 1. The minimum Gasteiger partial charge on any atom is -0.381 e. The Labute approximate surface area is 214 Å². The van der Waals surface area contributed by atoms with Crippen molar-refractivity contribution in [2.75, 3.05) is 32.6 Å². The predicted molar refractivity (Wildman–Crippen MR) is 140 cm³/mol. The lowest BCUT2D eigenvalue weighted by Crippen LogP contribution is -2.16. The third-order valence-corrected chi connectivity index (χ3v) is 7.16. The number of benzene rings is 1. The number of ether oxygens (including phenoxy) is 1. The van der Waals surface area contributed by atoms with E-state index in [4.69, 9.17) is 9.72 Å². The molecule has 5 heterocycles. The molecule has 2 N–H and O–H groups in total. The lowest BCUT2D eigenvalue weighted by Gasteiger charge is -2.19. The summed E-state index contributed by atoms with van der Waals surface area (Å²) >= 11 is 0. The Morgan fingerprint density at radius 3 is 2.89 bits per heavy atom. The molecule has 3 aromatic heterocycles. The Morgan fingerprint density at radius 1 is 1.24 bits per heavy atom. The number of nitrogens with one attached hydrogen (secondary N) is 2. The lowest BCUT2D eigenvalue weighted by atomic mass is 9.96. The van der Waals surface area contributed by atoms with Crippen LogP contribution in [-0.2, 0) is 17.8 Å². The third-order valence-electron chi connectivity index (χ3n) is 7.16. The average molecular weight is 501 g/mol. The van der Waals surface area contributed by atoms with Gasteiger partial charge in [0.05, 0.1) is 35.4 Å². The fraction of sp³-hybridized carbons (Fsp3) is 0.321. The molecule has 9 heteroatoms. The SMILES string of the molecule is Cc1ccn2c(-c3ccc(Nc4ccc([C@@H]5CCOC5)c(CN(C)C)n4)c4c3CNC4=O)cnc2c1F. The van der Waals surface area contributed by atoms with E-state index in [1.54, 1.807) is 23.6 Å². The number of aryl methyl sites for hydroxylation is 1. The molecule has 0 bridgehead atoms. The number of nitrogens with zero attached hydrogens (tertiary/aromatic N) is 4. The van der Waals surface area contributed by atoms with Gasteiger partial charge in [0.15, 0.2) is 11.5 Å². The number of pyridine rings is 2. The number of amides is 1. The number of hydrogen-bond acceptors (Lipinski definition) is 6. The predicted octanol–water partition coefficient (Wildman–Crippen LogP) is 4.40. The van der Waals surface area contributed by atoms with Gasteiger partial charge in [0.2, 0.25) is 0 Å². The average Bonchev–Trinajstić information content (AvgIpc) is 3.63. The zero-order chi connectivity index (χ0) is 25.7. The van der Waals surface area contributed by atoms with E-state index in [-0.39, 0.29) is 17.4 Å².